The van der Waals surface area contributed by atoms with E-state index in [0.717, 1.165) is 10.8 Å². The van der Waals surface area contributed by atoms with Gasteiger partial charge in [-0.3, -0.25) is 9.59 Å². The molecule has 0 bridgehead atoms. The van der Waals surface area contributed by atoms with E-state index in [1.54, 1.807) is 12.1 Å². The van der Waals surface area contributed by atoms with Crippen LogP contribution in [0.3, 0.4) is 0 Å². The van der Waals surface area contributed by atoms with Crippen molar-refractivity contribution < 1.29 is 19.5 Å². The summed E-state index contributed by atoms with van der Waals surface area (Å²) in [5, 5.41) is 16.3. The summed E-state index contributed by atoms with van der Waals surface area (Å²) in [7, 11) is 0. The Kier molecular flexibility index (Phi) is 5.97. The largest absolute Gasteiger partial charge is 0.479 e. The zero-order valence-corrected chi connectivity index (χ0v) is 15.2. The molecule has 3 N–H and O–H groups in total. The van der Waals surface area contributed by atoms with E-state index in [0.29, 0.717) is 5.56 Å². The van der Waals surface area contributed by atoms with Crippen molar-refractivity contribution in [1.29, 1.82) is 0 Å². The number of amides is 2. The number of aliphatic carboxylic acids is 1. The number of carbonyl (C=O) groups is 3. The van der Waals surface area contributed by atoms with Crippen molar-refractivity contribution in [1.82, 2.24) is 10.6 Å². The molecule has 26 heavy (non-hydrogen) atoms. The van der Waals surface area contributed by atoms with E-state index in [4.69, 9.17) is 0 Å². The Morgan fingerprint density at radius 3 is 2.27 bits per heavy atom. The molecule has 2 aromatic carbocycles. The number of hydrogen-bond acceptors (Lipinski definition) is 3. The van der Waals surface area contributed by atoms with Crippen LogP contribution in [0.1, 0.15) is 38.8 Å². The highest BCUT2D eigenvalue weighted by Gasteiger charge is 2.23. The maximum atomic E-state index is 12.1. The summed E-state index contributed by atoms with van der Waals surface area (Å²) in [6.45, 7) is 5.51. The van der Waals surface area contributed by atoms with Gasteiger partial charge in [0.05, 0.1) is 6.54 Å². The number of carboxylic acid groups (broad SMARTS) is 1. The number of fused-ring (bicyclic) bond motifs is 1. The normalized spacial score (nSPS) is 12.4. The Bertz CT molecular complexity index is 824. The number of nitrogens with one attached hydrogen (secondary N) is 2. The smallest absolute Gasteiger partial charge is 0.330 e. The Balaban J connectivity index is 2.04. The summed E-state index contributed by atoms with van der Waals surface area (Å²) in [6, 6.07) is 11.6. The zero-order chi connectivity index (χ0) is 19.3. The molecule has 0 aliphatic rings. The predicted octanol–water partition coefficient (Wildman–Crippen LogP) is 2.63. The van der Waals surface area contributed by atoms with E-state index in [1.807, 2.05) is 51.1 Å². The van der Waals surface area contributed by atoms with Gasteiger partial charge in [-0.2, -0.15) is 0 Å². The van der Waals surface area contributed by atoms with Crippen molar-refractivity contribution in [2.75, 3.05) is 6.54 Å². The standard InChI is InChI=1S/C20H24N2O4/c1-20(2,3)11-16(23)21-12-17(24)22-18(19(25)26)15-9-8-13-6-4-5-7-14(13)10-15/h4-10,18H,11-12H2,1-3H3,(H,21,23)(H,22,24)(H,25,26). The average Bonchev–Trinajstić information content (AvgIpc) is 2.55. The van der Waals surface area contributed by atoms with E-state index in [-0.39, 0.29) is 24.3 Å². The molecular formula is C20H24N2O4. The van der Waals surface area contributed by atoms with Gasteiger partial charge in [-0.15, -0.1) is 0 Å². The first-order valence-corrected chi connectivity index (χ1v) is 8.43. The lowest BCUT2D eigenvalue weighted by Crippen LogP contribution is -2.41. The second-order valence-electron chi connectivity index (χ2n) is 7.46. The van der Waals surface area contributed by atoms with Gasteiger partial charge in [0.1, 0.15) is 0 Å². The molecule has 2 aromatic rings. The summed E-state index contributed by atoms with van der Waals surface area (Å²) < 4.78 is 0. The molecule has 0 radical (unpaired) electrons. The lowest BCUT2D eigenvalue weighted by atomic mass is 9.92. The minimum Gasteiger partial charge on any atom is -0.479 e. The Morgan fingerprint density at radius 1 is 1.00 bits per heavy atom. The first-order chi connectivity index (χ1) is 12.2. The summed E-state index contributed by atoms with van der Waals surface area (Å²) in [5.41, 5.74) is 0.292. The molecule has 6 nitrogen and oxygen atoms in total. The molecule has 138 valence electrons. The van der Waals surface area contributed by atoms with Crippen LogP contribution in [0, 0.1) is 5.41 Å². The van der Waals surface area contributed by atoms with Gasteiger partial charge >= 0.3 is 5.97 Å². The van der Waals surface area contributed by atoms with Crippen LogP contribution in [0.2, 0.25) is 0 Å². The van der Waals surface area contributed by atoms with Crippen molar-refractivity contribution in [2.24, 2.45) is 5.41 Å². The number of hydrogen-bond donors (Lipinski definition) is 3. The third-order valence-electron chi connectivity index (χ3n) is 3.80. The summed E-state index contributed by atoms with van der Waals surface area (Å²) >= 11 is 0. The van der Waals surface area contributed by atoms with E-state index >= 15 is 0 Å². The molecule has 2 rings (SSSR count). The molecule has 0 saturated heterocycles. The minimum absolute atomic E-state index is 0.185. The first kappa shape index (κ1) is 19.4. The van der Waals surface area contributed by atoms with E-state index < -0.39 is 17.9 Å². The zero-order valence-electron chi connectivity index (χ0n) is 15.2. The summed E-state index contributed by atoms with van der Waals surface area (Å²) in [5.74, 6) is -1.95. The second kappa shape index (κ2) is 7.99. The van der Waals surface area contributed by atoms with Crippen LogP contribution in [0.4, 0.5) is 0 Å². The number of benzene rings is 2. The maximum absolute atomic E-state index is 12.1. The maximum Gasteiger partial charge on any atom is 0.330 e. The Hall–Kier alpha value is -2.89. The van der Waals surface area contributed by atoms with Crippen molar-refractivity contribution in [3.8, 4) is 0 Å². The summed E-state index contributed by atoms with van der Waals surface area (Å²) in [6.07, 6.45) is 0.285. The molecule has 2 amide bonds. The molecule has 0 fully saturated rings. The molecule has 0 saturated carbocycles. The molecule has 0 aliphatic heterocycles. The van der Waals surface area contributed by atoms with Crippen molar-refractivity contribution in [2.45, 2.75) is 33.2 Å². The number of carbonyl (C=O) groups excluding carboxylic acids is 2. The van der Waals surface area contributed by atoms with Gasteiger partial charge in [-0.05, 0) is 27.8 Å². The molecule has 6 heteroatoms. The second-order valence-corrected chi connectivity index (χ2v) is 7.46. The van der Waals surface area contributed by atoms with E-state index in [9.17, 15) is 19.5 Å². The third-order valence-corrected chi connectivity index (χ3v) is 3.80. The summed E-state index contributed by atoms with van der Waals surface area (Å²) in [4.78, 5) is 35.5. The molecule has 0 heterocycles. The molecular weight excluding hydrogens is 332 g/mol. The van der Waals surface area contributed by atoms with Crippen molar-refractivity contribution in [3.63, 3.8) is 0 Å². The van der Waals surface area contributed by atoms with Crippen molar-refractivity contribution >= 4 is 28.6 Å². The Morgan fingerprint density at radius 2 is 1.65 bits per heavy atom. The molecule has 0 aliphatic carbocycles. The highest BCUT2D eigenvalue weighted by molar-refractivity contribution is 5.90. The third kappa shape index (κ3) is 5.58. The van der Waals surface area contributed by atoms with Gasteiger partial charge in [0.15, 0.2) is 6.04 Å². The molecule has 0 aromatic heterocycles. The van der Waals surface area contributed by atoms with Gasteiger partial charge in [-0.25, -0.2) is 4.79 Å². The van der Waals surface area contributed by atoms with Gasteiger partial charge in [-0.1, -0.05) is 57.2 Å². The Labute approximate surface area is 152 Å². The quantitative estimate of drug-likeness (QED) is 0.741. The van der Waals surface area contributed by atoms with Gasteiger partial charge in [0, 0.05) is 6.42 Å². The fraction of sp³-hybridized carbons (Fsp3) is 0.350. The van der Waals surface area contributed by atoms with E-state index in [1.165, 1.54) is 0 Å². The SMILES string of the molecule is CC(C)(C)CC(=O)NCC(=O)NC(C(=O)O)c1ccc2ccccc2c1. The van der Waals surface area contributed by atoms with Crippen LogP contribution in [-0.2, 0) is 14.4 Å². The van der Waals surface area contributed by atoms with Crippen LogP contribution < -0.4 is 10.6 Å². The number of carboxylic acids is 1. The minimum atomic E-state index is -1.17. The van der Waals surface area contributed by atoms with Crippen LogP contribution in [-0.4, -0.2) is 29.4 Å². The van der Waals surface area contributed by atoms with E-state index in [2.05, 4.69) is 10.6 Å². The highest BCUT2D eigenvalue weighted by atomic mass is 16.4. The van der Waals surface area contributed by atoms with Crippen LogP contribution in [0.15, 0.2) is 42.5 Å². The molecule has 0 spiro atoms. The van der Waals surface area contributed by atoms with Crippen LogP contribution in [0.5, 0.6) is 0 Å². The number of rotatable bonds is 6. The predicted molar refractivity (Wildman–Crippen MR) is 99.5 cm³/mol. The van der Waals surface area contributed by atoms with Crippen LogP contribution >= 0.6 is 0 Å². The van der Waals surface area contributed by atoms with Gasteiger partial charge < -0.3 is 15.7 Å². The molecule has 1 atom stereocenters. The molecule has 1 unspecified atom stereocenters. The fourth-order valence-corrected chi connectivity index (χ4v) is 2.61. The first-order valence-electron chi connectivity index (χ1n) is 8.43. The van der Waals surface area contributed by atoms with Crippen molar-refractivity contribution in [3.05, 3.63) is 48.0 Å². The highest BCUT2D eigenvalue weighted by Crippen LogP contribution is 2.21. The topological polar surface area (TPSA) is 95.5 Å². The monoisotopic (exact) mass is 356 g/mol. The average molecular weight is 356 g/mol. The lowest BCUT2D eigenvalue weighted by molar-refractivity contribution is -0.141. The van der Waals surface area contributed by atoms with Crippen LogP contribution in [0.25, 0.3) is 10.8 Å². The fourth-order valence-electron chi connectivity index (χ4n) is 2.61. The lowest BCUT2D eigenvalue weighted by Gasteiger charge is -2.18. The van der Waals surface area contributed by atoms with Gasteiger partial charge in [0.2, 0.25) is 11.8 Å². The van der Waals surface area contributed by atoms with Gasteiger partial charge in [0.25, 0.3) is 0 Å².